The maximum Gasteiger partial charge on any atom is 0.258 e. The van der Waals surface area contributed by atoms with Crippen molar-refractivity contribution in [3.63, 3.8) is 0 Å². The Morgan fingerprint density at radius 2 is 1.86 bits per heavy atom. The van der Waals surface area contributed by atoms with E-state index in [2.05, 4.69) is 41.4 Å². The molecule has 2 N–H and O–H groups in total. The fraction of sp³-hybridized carbons (Fsp3) is 0.500. The van der Waals surface area contributed by atoms with Gasteiger partial charge in [0, 0.05) is 0 Å². The molecule has 1 fully saturated rings. The summed E-state index contributed by atoms with van der Waals surface area (Å²) >= 11 is 0. The Kier molecular flexibility index (Phi) is 3.55. The van der Waals surface area contributed by atoms with Crippen LogP contribution in [-0.2, 0) is 11.0 Å². The van der Waals surface area contributed by atoms with Gasteiger partial charge in [-0.1, -0.05) is 35.5 Å². The topological polar surface area (TPSA) is 71.2 Å². The number of aliphatic hydroxyl groups is 1. The van der Waals surface area contributed by atoms with Crippen LogP contribution < -0.4 is 5.32 Å². The number of piperidine rings is 1. The minimum atomic E-state index is -0.997. The Morgan fingerprint density at radius 1 is 1.19 bits per heavy atom. The predicted molar refractivity (Wildman–Crippen MR) is 78.9 cm³/mol. The van der Waals surface area contributed by atoms with Crippen LogP contribution >= 0.6 is 0 Å². The quantitative estimate of drug-likeness (QED) is 0.903. The van der Waals surface area contributed by atoms with Crippen molar-refractivity contribution >= 4 is 0 Å². The van der Waals surface area contributed by atoms with Gasteiger partial charge in [-0.3, -0.25) is 0 Å². The summed E-state index contributed by atoms with van der Waals surface area (Å²) in [5.74, 6) is 0.943. The Bertz CT molecular complexity index is 601. The van der Waals surface area contributed by atoms with Crippen molar-refractivity contribution in [2.45, 2.75) is 37.7 Å². The molecular formula is C16H21N3O2. The molecule has 0 unspecified atom stereocenters. The van der Waals surface area contributed by atoms with Gasteiger partial charge in [-0.25, -0.2) is 0 Å². The lowest BCUT2D eigenvalue weighted by atomic mass is 9.84. The van der Waals surface area contributed by atoms with Crippen LogP contribution in [-0.4, -0.2) is 28.3 Å². The van der Waals surface area contributed by atoms with E-state index in [4.69, 9.17) is 4.52 Å². The molecule has 1 aliphatic heterocycles. The van der Waals surface area contributed by atoms with Gasteiger partial charge in [0.05, 0.1) is 5.41 Å². The van der Waals surface area contributed by atoms with Crippen molar-refractivity contribution in [2.75, 3.05) is 13.1 Å². The van der Waals surface area contributed by atoms with Crippen LogP contribution in [0.2, 0.25) is 0 Å². The number of rotatable bonds is 3. The van der Waals surface area contributed by atoms with Crippen molar-refractivity contribution < 1.29 is 9.63 Å². The number of hydrogen-bond acceptors (Lipinski definition) is 5. The first kappa shape index (κ1) is 14.2. The molecule has 2 aromatic rings. The molecule has 5 heteroatoms. The zero-order valence-corrected chi connectivity index (χ0v) is 12.5. The molecule has 0 amide bonds. The molecule has 0 bridgehead atoms. The van der Waals surface area contributed by atoms with Gasteiger partial charge in [-0.05, 0) is 45.3 Å². The highest BCUT2D eigenvalue weighted by Crippen LogP contribution is 2.33. The number of hydrogen-bond donors (Lipinski definition) is 2. The number of benzene rings is 1. The Labute approximate surface area is 124 Å². The third kappa shape index (κ3) is 2.59. The molecule has 5 nitrogen and oxygen atoms in total. The molecule has 0 radical (unpaired) electrons. The second-order valence-corrected chi connectivity index (χ2v) is 6.20. The van der Waals surface area contributed by atoms with E-state index in [1.54, 1.807) is 0 Å². The predicted octanol–water partition coefficient (Wildman–Crippen LogP) is 1.97. The van der Waals surface area contributed by atoms with Crippen LogP contribution in [0.1, 0.15) is 44.0 Å². The van der Waals surface area contributed by atoms with Crippen molar-refractivity contribution in [3.05, 3.63) is 47.6 Å². The van der Waals surface area contributed by atoms with E-state index in [1.807, 2.05) is 18.2 Å². The van der Waals surface area contributed by atoms with Crippen molar-refractivity contribution in [3.8, 4) is 0 Å². The van der Waals surface area contributed by atoms with Gasteiger partial charge in [0.15, 0.2) is 5.82 Å². The van der Waals surface area contributed by atoms with Gasteiger partial charge in [0.25, 0.3) is 5.89 Å². The first-order valence-electron chi connectivity index (χ1n) is 7.36. The summed E-state index contributed by atoms with van der Waals surface area (Å²) < 4.78 is 5.38. The second-order valence-electron chi connectivity index (χ2n) is 6.20. The highest BCUT2D eigenvalue weighted by molar-refractivity contribution is 5.30. The second kappa shape index (κ2) is 5.24. The summed E-state index contributed by atoms with van der Waals surface area (Å²) in [7, 11) is 0. The monoisotopic (exact) mass is 287 g/mol. The zero-order valence-electron chi connectivity index (χ0n) is 12.5. The van der Waals surface area contributed by atoms with E-state index in [0.29, 0.717) is 24.6 Å². The Morgan fingerprint density at radius 3 is 2.52 bits per heavy atom. The van der Waals surface area contributed by atoms with Crippen LogP contribution in [0.3, 0.4) is 0 Å². The summed E-state index contributed by atoms with van der Waals surface area (Å²) in [6, 6.07) is 10.1. The van der Waals surface area contributed by atoms with E-state index in [1.165, 1.54) is 0 Å². The number of aromatic nitrogens is 2. The van der Waals surface area contributed by atoms with Crippen LogP contribution in [0, 0.1) is 0 Å². The average molecular weight is 287 g/mol. The van der Waals surface area contributed by atoms with Gasteiger partial charge in [-0.2, -0.15) is 4.98 Å². The molecule has 1 aliphatic rings. The average Bonchev–Trinajstić information content (AvgIpc) is 3.00. The largest absolute Gasteiger partial charge is 0.380 e. The molecule has 0 atom stereocenters. The van der Waals surface area contributed by atoms with Gasteiger partial charge in [0.2, 0.25) is 0 Å². The lowest BCUT2D eigenvalue weighted by Crippen LogP contribution is -2.40. The molecule has 1 aromatic carbocycles. The highest BCUT2D eigenvalue weighted by atomic mass is 16.5. The van der Waals surface area contributed by atoms with E-state index in [0.717, 1.165) is 18.7 Å². The van der Waals surface area contributed by atoms with Gasteiger partial charge in [0.1, 0.15) is 5.60 Å². The van der Waals surface area contributed by atoms with Crippen LogP contribution in [0.4, 0.5) is 0 Å². The minimum absolute atomic E-state index is 0.336. The number of nitrogens with one attached hydrogen (secondary N) is 1. The SMILES string of the molecule is CC(C)(c1ccccc1)c1noc(C2(O)CCNCC2)n1. The third-order valence-corrected chi connectivity index (χ3v) is 4.31. The molecule has 112 valence electrons. The molecule has 1 saturated heterocycles. The van der Waals surface area contributed by atoms with Gasteiger partial charge >= 0.3 is 0 Å². The zero-order chi connectivity index (χ0) is 14.9. The lowest BCUT2D eigenvalue weighted by Gasteiger charge is -2.28. The molecule has 3 rings (SSSR count). The first-order valence-corrected chi connectivity index (χ1v) is 7.36. The molecule has 2 heterocycles. The summed E-state index contributed by atoms with van der Waals surface area (Å²) in [6.45, 7) is 5.64. The summed E-state index contributed by atoms with van der Waals surface area (Å²) in [5.41, 5.74) is -0.232. The summed E-state index contributed by atoms with van der Waals surface area (Å²) in [5, 5.41) is 18.0. The molecule has 0 saturated carbocycles. The molecule has 1 aromatic heterocycles. The first-order chi connectivity index (χ1) is 10.0. The van der Waals surface area contributed by atoms with E-state index < -0.39 is 5.60 Å². The van der Waals surface area contributed by atoms with Gasteiger partial charge < -0.3 is 14.9 Å². The maximum atomic E-state index is 10.7. The summed E-state index contributed by atoms with van der Waals surface area (Å²) in [4.78, 5) is 4.50. The lowest BCUT2D eigenvalue weighted by molar-refractivity contribution is -0.0228. The number of nitrogens with zero attached hydrogens (tertiary/aromatic N) is 2. The highest BCUT2D eigenvalue weighted by Gasteiger charge is 2.39. The maximum absolute atomic E-state index is 10.7. The standard InChI is InChI=1S/C16H21N3O2/c1-15(2,12-6-4-3-5-7-12)13-18-14(21-19-13)16(20)8-10-17-11-9-16/h3-7,17,20H,8-11H2,1-2H3. The fourth-order valence-electron chi connectivity index (χ4n) is 2.70. The molecule has 21 heavy (non-hydrogen) atoms. The molecule has 0 aliphatic carbocycles. The Balaban J connectivity index is 1.91. The summed E-state index contributed by atoms with van der Waals surface area (Å²) in [6.07, 6.45) is 1.20. The van der Waals surface area contributed by atoms with Crippen LogP contribution in [0.5, 0.6) is 0 Å². The Hall–Kier alpha value is -1.72. The van der Waals surface area contributed by atoms with E-state index in [9.17, 15) is 5.11 Å². The van der Waals surface area contributed by atoms with E-state index >= 15 is 0 Å². The fourth-order valence-corrected chi connectivity index (χ4v) is 2.70. The van der Waals surface area contributed by atoms with E-state index in [-0.39, 0.29) is 5.41 Å². The molecular weight excluding hydrogens is 266 g/mol. The normalized spacial score (nSPS) is 18.6. The van der Waals surface area contributed by atoms with Gasteiger partial charge in [-0.15, -0.1) is 0 Å². The molecule has 0 spiro atoms. The van der Waals surface area contributed by atoms with Crippen LogP contribution in [0.15, 0.2) is 34.9 Å². The van der Waals surface area contributed by atoms with Crippen molar-refractivity contribution in [1.82, 2.24) is 15.5 Å². The minimum Gasteiger partial charge on any atom is -0.380 e. The van der Waals surface area contributed by atoms with Crippen molar-refractivity contribution in [1.29, 1.82) is 0 Å². The van der Waals surface area contributed by atoms with Crippen LogP contribution in [0.25, 0.3) is 0 Å². The smallest absolute Gasteiger partial charge is 0.258 e. The van der Waals surface area contributed by atoms with Crippen molar-refractivity contribution in [2.24, 2.45) is 0 Å². The third-order valence-electron chi connectivity index (χ3n) is 4.31.